The number of carbonyl (C=O) groups excluding carboxylic acids is 1. The lowest BCUT2D eigenvalue weighted by Crippen LogP contribution is -2.58. The van der Waals surface area contributed by atoms with Gasteiger partial charge in [-0.25, -0.2) is 0 Å². The van der Waals surface area contributed by atoms with Crippen molar-refractivity contribution in [1.29, 1.82) is 0 Å². The quantitative estimate of drug-likeness (QED) is 0.735. The zero-order valence-corrected chi connectivity index (χ0v) is 17.4. The second kappa shape index (κ2) is 12.6. The van der Waals surface area contributed by atoms with Crippen molar-refractivity contribution in [1.82, 2.24) is 15.1 Å². The summed E-state index contributed by atoms with van der Waals surface area (Å²) in [5, 5.41) is 3.10. The van der Waals surface area contributed by atoms with E-state index in [1.165, 1.54) is 6.42 Å². The van der Waals surface area contributed by atoms with Crippen LogP contribution in [0.2, 0.25) is 0 Å². The monoisotopic (exact) mass is 404 g/mol. The van der Waals surface area contributed by atoms with Crippen molar-refractivity contribution >= 4 is 43.1 Å². The SMILES string of the molecule is CCN1CCN(C(C)CNC(=O)C2(N)CCCCC2)CC1.Cl.Cl.Cl. The highest BCUT2D eigenvalue weighted by atomic mass is 35.5. The molecule has 24 heavy (non-hydrogen) atoms. The normalized spacial score (nSPS) is 22.3. The maximum Gasteiger partial charge on any atom is 0.240 e. The average molecular weight is 406 g/mol. The summed E-state index contributed by atoms with van der Waals surface area (Å²) in [6.07, 6.45) is 5.05. The summed E-state index contributed by atoms with van der Waals surface area (Å²) in [5.41, 5.74) is 5.66. The Morgan fingerprint density at radius 2 is 1.62 bits per heavy atom. The van der Waals surface area contributed by atoms with Crippen LogP contribution in [0.1, 0.15) is 46.0 Å². The molecule has 5 nitrogen and oxygen atoms in total. The van der Waals surface area contributed by atoms with E-state index in [0.717, 1.165) is 58.4 Å². The fourth-order valence-electron chi connectivity index (χ4n) is 3.48. The van der Waals surface area contributed by atoms with Gasteiger partial charge in [0.05, 0.1) is 5.54 Å². The molecule has 1 heterocycles. The van der Waals surface area contributed by atoms with Crippen molar-refractivity contribution in [3.8, 4) is 0 Å². The van der Waals surface area contributed by atoms with Gasteiger partial charge in [0, 0.05) is 38.8 Å². The molecule has 0 bridgehead atoms. The first-order valence-corrected chi connectivity index (χ1v) is 8.59. The Morgan fingerprint density at radius 1 is 1.08 bits per heavy atom. The molecule has 1 atom stereocenters. The van der Waals surface area contributed by atoms with Crippen molar-refractivity contribution in [3.63, 3.8) is 0 Å². The van der Waals surface area contributed by atoms with E-state index < -0.39 is 5.54 Å². The Balaban J connectivity index is 0. The van der Waals surface area contributed by atoms with Crippen LogP contribution in [0.5, 0.6) is 0 Å². The van der Waals surface area contributed by atoms with E-state index in [1.807, 2.05) is 0 Å². The van der Waals surface area contributed by atoms with E-state index >= 15 is 0 Å². The molecular weight excluding hydrogens is 371 g/mol. The predicted octanol–water partition coefficient (Wildman–Crippen LogP) is 2.06. The molecule has 0 aromatic rings. The second-order valence-corrected chi connectivity index (χ2v) is 6.75. The number of amides is 1. The van der Waals surface area contributed by atoms with Crippen LogP contribution >= 0.6 is 37.2 Å². The van der Waals surface area contributed by atoms with Crippen LogP contribution in [0.25, 0.3) is 0 Å². The van der Waals surface area contributed by atoms with Gasteiger partial charge in [-0.15, -0.1) is 37.2 Å². The third-order valence-corrected chi connectivity index (χ3v) is 5.23. The number of nitrogens with two attached hydrogens (primary N) is 1. The minimum absolute atomic E-state index is 0. The molecule has 1 saturated carbocycles. The number of likely N-dealkylation sites (N-methyl/N-ethyl adjacent to an activating group) is 1. The Kier molecular flexibility index (Phi) is 13.8. The first-order chi connectivity index (χ1) is 10.0. The molecule has 1 unspecified atom stereocenters. The molecule has 1 amide bonds. The fourth-order valence-corrected chi connectivity index (χ4v) is 3.48. The van der Waals surface area contributed by atoms with Gasteiger partial charge in [-0.2, -0.15) is 0 Å². The van der Waals surface area contributed by atoms with Gasteiger partial charge in [0.25, 0.3) is 0 Å². The lowest BCUT2D eigenvalue weighted by atomic mass is 9.82. The van der Waals surface area contributed by atoms with Gasteiger partial charge in [0.1, 0.15) is 0 Å². The van der Waals surface area contributed by atoms with Crippen LogP contribution < -0.4 is 11.1 Å². The van der Waals surface area contributed by atoms with Gasteiger partial charge in [-0.1, -0.05) is 26.2 Å². The summed E-state index contributed by atoms with van der Waals surface area (Å²) in [6.45, 7) is 10.7. The highest BCUT2D eigenvalue weighted by Crippen LogP contribution is 2.25. The summed E-state index contributed by atoms with van der Waals surface area (Å²) in [4.78, 5) is 17.3. The van der Waals surface area contributed by atoms with Gasteiger partial charge in [0.15, 0.2) is 0 Å². The van der Waals surface area contributed by atoms with Crippen LogP contribution in [0, 0.1) is 0 Å². The number of hydrogen-bond donors (Lipinski definition) is 2. The zero-order valence-electron chi connectivity index (χ0n) is 15.0. The Bertz CT molecular complexity index is 346. The van der Waals surface area contributed by atoms with E-state index in [0.29, 0.717) is 12.6 Å². The number of nitrogens with zero attached hydrogens (tertiary/aromatic N) is 2. The number of nitrogens with one attached hydrogen (secondary N) is 1. The maximum absolute atomic E-state index is 12.3. The number of carbonyl (C=O) groups is 1. The van der Waals surface area contributed by atoms with Crippen molar-refractivity contribution in [2.45, 2.75) is 57.5 Å². The van der Waals surface area contributed by atoms with Crippen molar-refractivity contribution in [2.75, 3.05) is 39.3 Å². The minimum Gasteiger partial charge on any atom is -0.353 e. The van der Waals surface area contributed by atoms with Crippen LogP contribution in [0.3, 0.4) is 0 Å². The molecule has 1 saturated heterocycles. The molecule has 146 valence electrons. The number of halogens is 3. The molecule has 1 aliphatic heterocycles. The molecule has 0 radical (unpaired) electrons. The molecule has 8 heteroatoms. The van der Waals surface area contributed by atoms with E-state index in [1.54, 1.807) is 0 Å². The standard InChI is InChI=1S/C16H32N4O.3ClH/c1-3-19-9-11-20(12-10-19)14(2)13-18-15(21)16(17)7-5-4-6-8-16;;;/h14H,3-13,17H2,1-2H3,(H,18,21);3*1H. The molecule has 2 fully saturated rings. The summed E-state index contributed by atoms with van der Waals surface area (Å²) in [7, 11) is 0. The summed E-state index contributed by atoms with van der Waals surface area (Å²) >= 11 is 0. The zero-order chi connectivity index (χ0) is 15.3. The van der Waals surface area contributed by atoms with Gasteiger partial charge in [0.2, 0.25) is 5.91 Å². The molecule has 0 aromatic heterocycles. The Hall–Kier alpha value is 0.220. The molecule has 3 N–H and O–H groups in total. The van der Waals surface area contributed by atoms with Crippen LogP contribution in [0.15, 0.2) is 0 Å². The lowest BCUT2D eigenvalue weighted by molar-refractivity contribution is -0.127. The van der Waals surface area contributed by atoms with Crippen LogP contribution in [-0.2, 0) is 4.79 Å². The van der Waals surface area contributed by atoms with E-state index in [9.17, 15) is 4.79 Å². The van der Waals surface area contributed by atoms with Gasteiger partial charge >= 0.3 is 0 Å². The topological polar surface area (TPSA) is 61.6 Å². The van der Waals surface area contributed by atoms with Crippen molar-refractivity contribution in [3.05, 3.63) is 0 Å². The van der Waals surface area contributed by atoms with E-state index in [4.69, 9.17) is 5.73 Å². The first kappa shape index (κ1) is 26.4. The van der Waals surface area contributed by atoms with Crippen LogP contribution in [0.4, 0.5) is 0 Å². The van der Waals surface area contributed by atoms with Crippen molar-refractivity contribution < 1.29 is 4.79 Å². The summed E-state index contributed by atoms with van der Waals surface area (Å²) in [5.74, 6) is 0.0567. The molecule has 0 spiro atoms. The smallest absolute Gasteiger partial charge is 0.240 e. The van der Waals surface area contributed by atoms with Gasteiger partial charge < -0.3 is 16.0 Å². The molecular formula is C16H35Cl3N4O. The van der Waals surface area contributed by atoms with Crippen LogP contribution in [-0.4, -0.2) is 66.6 Å². The third-order valence-electron chi connectivity index (χ3n) is 5.23. The lowest BCUT2D eigenvalue weighted by Gasteiger charge is -2.38. The number of piperazine rings is 1. The maximum atomic E-state index is 12.3. The fraction of sp³-hybridized carbons (Fsp3) is 0.938. The second-order valence-electron chi connectivity index (χ2n) is 6.75. The highest BCUT2D eigenvalue weighted by Gasteiger charge is 2.35. The molecule has 1 aliphatic carbocycles. The summed E-state index contributed by atoms with van der Waals surface area (Å²) in [6, 6.07) is 0.389. The van der Waals surface area contributed by atoms with Gasteiger partial charge in [-0.3, -0.25) is 9.69 Å². The van der Waals surface area contributed by atoms with Gasteiger partial charge in [-0.05, 0) is 26.3 Å². The third kappa shape index (κ3) is 7.22. The number of hydrogen-bond acceptors (Lipinski definition) is 4. The molecule has 2 rings (SSSR count). The Morgan fingerprint density at radius 3 is 2.12 bits per heavy atom. The Labute approximate surface area is 165 Å². The predicted molar refractivity (Wildman–Crippen MR) is 108 cm³/mol. The molecule has 2 aliphatic rings. The van der Waals surface area contributed by atoms with Crippen molar-refractivity contribution in [2.24, 2.45) is 5.73 Å². The minimum atomic E-state index is -0.612. The average Bonchev–Trinajstić information content (AvgIpc) is 2.53. The van der Waals surface area contributed by atoms with E-state index in [2.05, 4.69) is 29.0 Å². The highest BCUT2D eigenvalue weighted by molar-refractivity contribution is 5.86. The summed E-state index contributed by atoms with van der Waals surface area (Å²) < 4.78 is 0. The largest absolute Gasteiger partial charge is 0.353 e. The number of rotatable bonds is 5. The first-order valence-electron chi connectivity index (χ1n) is 8.59. The van der Waals surface area contributed by atoms with E-state index in [-0.39, 0.29) is 43.1 Å². The molecule has 0 aromatic carbocycles.